The molecule has 2 saturated heterocycles. The average Bonchev–Trinajstić information content (AvgIpc) is 3.77. The lowest BCUT2D eigenvalue weighted by molar-refractivity contribution is -0.384. The average molecular weight is 845 g/mol. The summed E-state index contributed by atoms with van der Waals surface area (Å²) in [6, 6.07) is 41.9. The molecule has 0 bridgehead atoms. The molecule has 0 aromatic heterocycles. The van der Waals surface area contributed by atoms with Crippen LogP contribution in [0.4, 0.5) is 16.2 Å². The van der Waals surface area contributed by atoms with Crippen LogP contribution < -0.4 is 10.2 Å². The molecule has 3 heterocycles. The lowest BCUT2D eigenvalue weighted by atomic mass is 9.65. The number of esters is 1. The Morgan fingerprint density at radius 2 is 1.37 bits per heavy atom. The lowest BCUT2D eigenvalue weighted by Crippen LogP contribution is -2.56. The molecule has 9 rings (SSSR count). The number of amides is 3. The Balaban J connectivity index is 1.24. The number of ether oxygens (including phenoxy) is 2. The Bertz CT molecular complexity index is 2690. The number of phenols is 1. The molecule has 3 amide bonds. The van der Waals surface area contributed by atoms with E-state index >= 15 is 14.4 Å². The van der Waals surface area contributed by atoms with E-state index in [1.165, 1.54) is 36.4 Å². The van der Waals surface area contributed by atoms with Gasteiger partial charge in [0, 0.05) is 18.7 Å². The van der Waals surface area contributed by atoms with Crippen LogP contribution in [0.25, 0.3) is 0 Å². The molecule has 7 atom stereocenters. The largest absolute Gasteiger partial charge is 0.508 e. The monoisotopic (exact) mass is 844 g/mol. The highest BCUT2D eigenvalue weighted by molar-refractivity contribution is 6.23. The van der Waals surface area contributed by atoms with Gasteiger partial charge in [0.05, 0.1) is 34.7 Å². The number of carbonyl (C=O) groups excluding carboxylic acids is 4. The van der Waals surface area contributed by atoms with Gasteiger partial charge in [-0.1, -0.05) is 121 Å². The number of nitrogens with zero attached hydrogens (tertiary/aromatic N) is 3. The van der Waals surface area contributed by atoms with Crippen LogP contribution in [-0.2, 0) is 35.9 Å². The molecule has 0 saturated carbocycles. The number of hydrogen-bond donors (Lipinski definition) is 3. The molecule has 3 N–H and O–H groups in total. The summed E-state index contributed by atoms with van der Waals surface area (Å²) in [5.74, 6) is -4.06. The van der Waals surface area contributed by atoms with Gasteiger partial charge >= 0.3 is 12.1 Å². The fraction of sp³-hybridized carbons (Fsp3) is 0.184. The van der Waals surface area contributed by atoms with E-state index in [9.17, 15) is 25.1 Å². The van der Waals surface area contributed by atoms with Crippen molar-refractivity contribution in [3.8, 4) is 5.75 Å². The van der Waals surface area contributed by atoms with Crippen LogP contribution in [0.2, 0.25) is 0 Å². The molecule has 0 aliphatic carbocycles. The Labute approximate surface area is 361 Å². The first kappa shape index (κ1) is 40.7. The Hall–Kier alpha value is -7.68. The third-order valence-corrected chi connectivity index (χ3v) is 12.2. The zero-order chi connectivity index (χ0) is 43.8. The van der Waals surface area contributed by atoms with Crippen molar-refractivity contribution in [2.45, 2.75) is 42.4 Å². The van der Waals surface area contributed by atoms with Crippen LogP contribution in [0.5, 0.6) is 5.75 Å². The normalized spacial score (nSPS) is 23.1. The SMILES string of the molecule is O=C1OC(c2ccccc2)C(c2ccccc2)N2C1C(C(=O)NCC(O)c1ccccc1)C1(C(=O)N(C(=O)OCc3ccc([N+](=O)[O-])cc3)c3ccccc31)C2c1ccc(O)cc1. The van der Waals surface area contributed by atoms with Crippen molar-refractivity contribution in [3.63, 3.8) is 0 Å². The molecular formula is C49H40N4O10. The Morgan fingerprint density at radius 1 is 0.762 bits per heavy atom. The number of nitro benzene ring substituents is 1. The number of carbonyl (C=O) groups is 4. The third kappa shape index (κ3) is 7.04. The number of aromatic hydroxyl groups is 1. The van der Waals surface area contributed by atoms with Gasteiger partial charge in [-0.2, -0.15) is 0 Å². The van der Waals surface area contributed by atoms with Gasteiger partial charge in [0.25, 0.3) is 5.69 Å². The smallest absolute Gasteiger partial charge is 0.421 e. The molecular weight excluding hydrogens is 805 g/mol. The number of anilines is 1. The minimum atomic E-state index is -2.05. The molecule has 316 valence electrons. The van der Waals surface area contributed by atoms with Crippen molar-refractivity contribution in [3.05, 3.63) is 207 Å². The number of rotatable bonds is 10. The number of imide groups is 1. The van der Waals surface area contributed by atoms with Crippen LogP contribution in [0.3, 0.4) is 0 Å². The van der Waals surface area contributed by atoms with Gasteiger partial charge in [-0.05, 0) is 63.7 Å². The Kier molecular flexibility index (Phi) is 10.8. The maximum absolute atomic E-state index is 16.0. The van der Waals surface area contributed by atoms with E-state index in [4.69, 9.17) is 9.47 Å². The van der Waals surface area contributed by atoms with E-state index in [-0.39, 0.29) is 35.8 Å². The number of phenolic OH excluding ortho intramolecular Hbond substituents is 1. The maximum atomic E-state index is 16.0. The molecule has 6 aromatic carbocycles. The number of morpholine rings is 1. The van der Waals surface area contributed by atoms with Gasteiger partial charge in [0.1, 0.15) is 29.9 Å². The number of aliphatic hydroxyl groups excluding tert-OH is 1. The molecule has 14 heteroatoms. The van der Waals surface area contributed by atoms with Crippen molar-refractivity contribution in [2.24, 2.45) is 5.92 Å². The number of hydrogen-bond acceptors (Lipinski definition) is 11. The minimum absolute atomic E-state index is 0.0686. The first-order valence-corrected chi connectivity index (χ1v) is 20.3. The summed E-state index contributed by atoms with van der Waals surface area (Å²) in [7, 11) is 0. The zero-order valence-corrected chi connectivity index (χ0v) is 33.5. The highest BCUT2D eigenvalue weighted by Crippen LogP contribution is 2.65. The molecule has 6 aromatic rings. The zero-order valence-electron chi connectivity index (χ0n) is 33.5. The van der Waals surface area contributed by atoms with Crippen molar-refractivity contribution >= 4 is 35.3 Å². The number of nitro groups is 1. The second-order valence-electron chi connectivity index (χ2n) is 15.7. The van der Waals surface area contributed by atoms with E-state index in [0.29, 0.717) is 27.8 Å². The summed E-state index contributed by atoms with van der Waals surface area (Å²) in [6.45, 7) is -0.638. The van der Waals surface area contributed by atoms with Crippen molar-refractivity contribution in [1.82, 2.24) is 10.2 Å². The fourth-order valence-electron chi connectivity index (χ4n) is 9.52. The van der Waals surface area contributed by atoms with E-state index in [2.05, 4.69) is 5.32 Å². The number of fused-ring (bicyclic) bond motifs is 3. The van der Waals surface area contributed by atoms with Gasteiger partial charge < -0.3 is 25.0 Å². The number of non-ortho nitro benzene ring substituents is 1. The van der Waals surface area contributed by atoms with Gasteiger partial charge in [-0.3, -0.25) is 29.4 Å². The number of benzene rings is 6. The van der Waals surface area contributed by atoms with Gasteiger partial charge in [0.2, 0.25) is 11.8 Å². The lowest BCUT2D eigenvalue weighted by Gasteiger charge is -2.46. The van der Waals surface area contributed by atoms with Crippen molar-refractivity contribution in [2.75, 3.05) is 11.4 Å². The first-order chi connectivity index (χ1) is 30.6. The van der Waals surface area contributed by atoms with Crippen molar-refractivity contribution < 1.29 is 43.8 Å². The summed E-state index contributed by atoms with van der Waals surface area (Å²) < 4.78 is 12.2. The molecule has 2 fully saturated rings. The van der Waals surface area contributed by atoms with E-state index in [1.807, 2.05) is 65.6 Å². The molecule has 63 heavy (non-hydrogen) atoms. The molecule has 14 nitrogen and oxygen atoms in total. The molecule has 3 aliphatic heterocycles. The highest BCUT2D eigenvalue weighted by Gasteiger charge is 2.75. The third-order valence-electron chi connectivity index (χ3n) is 12.2. The summed E-state index contributed by atoms with van der Waals surface area (Å²) >= 11 is 0. The predicted octanol–water partition coefficient (Wildman–Crippen LogP) is 7.15. The van der Waals surface area contributed by atoms with E-state index in [1.54, 1.807) is 66.7 Å². The quantitative estimate of drug-likeness (QED) is 0.0722. The first-order valence-electron chi connectivity index (χ1n) is 20.3. The summed E-state index contributed by atoms with van der Waals surface area (Å²) in [6.07, 6.45) is -3.18. The maximum Gasteiger partial charge on any atom is 0.421 e. The predicted molar refractivity (Wildman–Crippen MR) is 228 cm³/mol. The number of nitrogens with one attached hydrogen (secondary N) is 1. The van der Waals surface area contributed by atoms with Crippen LogP contribution in [-0.4, -0.2) is 56.5 Å². The van der Waals surface area contributed by atoms with E-state index in [0.717, 1.165) is 4.90 Å². The second kappa shape index (κ2) is 16.6. The molecule has 3 aliphatic rings. The van der Waals surface area contributed by atoms with Crippen LogP contribution >= 0.6 is 0 Å². The Morgan fingerprint density at radius 3 is 2.02 bits per heavy atom. The van der Waals surface area contributed by atoms with Crippen LogP contribution in [0, 0.1) is 16.0 Å². The number of para-hydroxylation sites is 1. The number of aliphatic hydroxyl groups is 1. The number of cyclic esters (lactones) is 1. The molecule has 7 unspecified atom stereocenters. The second-order valence-corrected chi connectivity index (χ2v) is 15.7. The standard InChI is InChI=1S/C49H40N4O10/c54-36-26-22-34(23-27-36)44-49(37-18-10-11-19-38(37)51(47(49)58)48(59)62-29-30-20-24-35(25-21-30)53(60)61)40(45(56)50-28-39(55)31-12-4-1-5-13-31)42-46(57)63-43(33-16-8-3-9-17-33)41(52(42)44)32-14-6-2-7-15-32/h1-27,39-44,54-55H,28-29H2,(H,50,56). The van der Waals surface area contributed by atoms with Gasteiger partial charge in [-0.15, -0.1) is 0 Å². The van der Waals surface area contributed by atoms with Gasteiger partial charge in [-0.25, -0.2) is 9.69 Å². The van der Waals surface area contributed by atoms with Crippen LogP contribution in [0.15, 0.2) is 164 Å². The van der Waals surface area contributed by atoms with Gasteiger partial charge in [0.15, 0.2) is 0 Å². The van der Waals surface area contributed by atoms with Crippen LogP contribution in [0.1, 0.15) is 57.7 Å². The molecule has 0 radical (unpaired) electrons. The summed E-state index contributed by atoms with van der Waals surface area (Å²) in [4.78, 5) is 74.3. The summed E-state index contributed by atoms with van der Waals surface area (Å²) in [5.41, 5.74) is 0.925. The fourth-order valence-corrected chi connectivity index (χ4v) is 9.52. The van der Waals surface area contributed by atoms with Crippen molar-refractivity contribution in [1.29, 1.82) is 0 Å². The summed E-state index contributed by atoms with van der Waals surface area (Å²) in [5, 5.41) is 36.0. The van der Waals surface area contributed by atoms with E-state index < -0.39 is 70.5 Å². The minimum Gasteiger partial charge on any atom is -0.508 e. The highest BCUT2D eigenvalue weighted by atomic mass is 16.6. The molecule has 1 spiro atoms. The topological polar surface area (TPSA) is 189 Å².